The van der Waals surface area contributed by atoms with Crippen molar-refractivity contribution in [2.24, 2.45) is 5.92 Å². The second-order valence-corrected chi connectivity index (χ2v) is 10.0. The first-order valence-corrected chi connectivity index (χ1v) is 13.0. The molecule has 2 heterocycles. The van der Waals surface area contributed by atoms with Gasteiger partial charge in [0.25, 0.3) is 0 Å². The lowest BCUT2D eigenvalue weighted by molar-refractivity contribution is -0.109. The number of benzene rings is 3. The first-order chi connectivity index (χ1) is 18.1. The van der Waals surface area contributed by atoms with Gasteiger partial charge in [0.2, 0.25) is 6.41 Å². The first-order valence-electron chi connectivity index (χ1n) is 13.0. The smallest absolute Gasteiger partial charge is 0.207 e. The molecule has 2 aromatic heterocycles. The summed E-state index contributed by atoms with van der Waals surface area (Å²) in [6, 6.07) is 21.7. The Labute approximate surface area is 217 Å². The average molecular weight is 492 g/mol. The lowest BCUT2D eigenvalue weighted by atomic mass is 9.92. The minimum absolute atomic E-state index is 0.354. The minimum atomic E-state index is 0.354. The number of aromatic amines is 2. The van der Waals surface area contributed by atoms with Gasteiger partial charge in [0, 0.05) is 18.0 Å². The summed E-state index contributed by atoms with van der Waals surface area (Å²) in [7, 11) is 0. The third kappa shape index (κ3) is 5.80. The van der Waals surface area contributed by atoms with Crippen LogP contribution in [0.4, 0.5) is 0 Å². The van der Waals surface area contributed by atoms with Crippen LogP contribution in [-0.2, 0) is 4.79 Å². The highest BCUT2D eigenvalue weighted by Gasteiger charge is 2.17. The third-order valence-electron chi connectivity index (χ3n) is 6.87. The quantitative estimate of drug-likeness (QED) is 0.138. The molecule has 3 aromatic carbocycles. The molecule has 5 aromatic rings. The molecular formula is C31H33N5O. The Balaban J connectivity index is 1.32. The molecule has 37 heavy (non-hydrogen) atoms. The van der Waals surface area contributed by atoms with Crippen molar-refractivity contribution in [3.8, 4) is 33.6 Å². The Morgan fingerprint density at radius 3 is 2.27 bits per heavy atom. The molecule has 6 heteroatoms. The molecular weight excluding hydrogens is 458 g/mol. The highest BCUT2D eigenvalue weighted by atomic mass is 16.1. The molecule has 0 spiro atoms. The normalized spacial score (nSPS) is 12.2. The number of fused-ring (bicyclic) bond motifs is 1. The fourth-order valence-electron chi connectivity index (χ4n) is 4.98. The van der Waals surface area contributed by atoms with E-state index in [-0.39, 0.29) is 0 Å². The number of hydrogen-bond acceptors (Lipinski definition) is 3. The highest BCUT2D eigenvalue weighted by molar-refractivity contribution is 5.90. The van der Waals surface area contributed by atoms with E-state index in [1.807, 2.05) is 12.4 Å². The Kier molecular flexibility index (Phi) is 7.45. The predicted octanol–water partition coefficient (Wildman–Crippen LogP) is 6.94. The molecule has 0 aliphatic carbocycles. The summed E-state index contributed by atoms with van der Waals surface area (Å²) in [5.41, 5.74) is 6.69. The van der Waals surface area contributed by atoms with E-state index in [1.165, 1.54) is 21.9 Å². The van der Waals surface area contributed by atoms with E-state index in [2.05, 4.69) is 94.8 Å². The number of imidazole rings is 2. The highest BCUT2D eigenvalue weighted by Crippen LogP contribution is 2.31. The van der Waals surface area contributed by atoms with Gasteiger partial charge in [0.05, 0.1) is 30.1 Å². The monoisotopic (exact) mass is 491 g/mol. The average Bonchev–Trinajstić information content (AvgIpc) is 3.63. The van der Waals surface area contributed by atoms with Crippen molar-refractivity contribution in [3.05, 3.63) is 85.2 Å². The van der Waals surface area contributed by atoms with Crippen molar-refractivity contribution >= 4 is 17.2 Å². The van der Waals surface area contributed by atoms with Gasteiger partial charge in [-0.25, -0.2) is 9.97 Å². The lowest BCUT2D eigenvalue weighted by Gasteiger charge is -2.17. The summed E-state index contributed by atoms with van der Waals surface area (Å²) >= 11 is 0. The maximum absolute atomic E-state index is 10.5. The van der Waals surface area contributed by atoms with Crippen LogP contribution in [0, 0.1) is 5.92 Å². The molecule has 0 aliphatic rings. The van der Waals surface area contributed by atoms with Crippen molar-refractivity contribution in [3.63, 3.8) is 0 Å². The van der Waals surface area contributed by atoms with Crippen molar-refractivity contribution in [1.82, 2.24) is 25.3 Å². The van der Waals surface area contributed by atoms with Crippen molar-refractivity contribution in [1.29, 1.82) is 0 Å². The Morgan fingerprint density at radius 1 is 0.865 bits per heavy atom. The van der Waals surface area contributed by atoms with Crippen molar-refractivity contribution in [2.75, 3.05) is 6.54 Å². The fourth-order valence-corrected chi connectivity index (χ4v) is 4.98. The summed E-state index contributed by atoms with van der Waals surface area (Å²) in [5, 5.41) is 5.18. The van der Waals surface area contributed by atoms with Crippen LogP contribution < -0.4 is 5.32 Å². The minimum Gasteiger partial charge on any atom is -0.359 e. The molecule has 0 saturated carbocycles. The van der Waals surface area contributed by atoms with Crippen LogP contribution in [0.5, 0.6) is 0 Å². The Morgan fingerprint density at radius 2 is 1.57 bits per heavy atom. The van der Waals surface area contributed by atoms with E-state index in [4.69, 9.17) is 4.98 Å². The van der Waals surface area contributed by atoms with Crippen LogP contribution in [0.15, 0.2) is 79.4 Å². The number of carbonyl (C=O) groups excluding carboxylic acids is 1. The van der Waals surface area contributed by atoms with Crippen LogP contribution in [0.3, 0.4) is 0 Å². The molecule has 6 nitrogen and oxygen atoms in total. The topological polar surface area (TPSA) is 86.5 Å². The summed E-state index contributed by atoms with van der Waals surface area (Å²) < 4.78 is 0. The molecule has 1 atom stereocenters. The summed E-state index contributed by atoms with van der Waals surface area (Å²) in [6.45, 7) is 5.18. The van der Waals surface area contributed by atoms with Gasteiger partial charge in [0.15, 0.2) is 0 Å². The zero-order valence-corrected chi connectivity index (χ0v) is 21.4. The van der Waals surface area contributed by atoms with Gasteiger partial charge in [-0.2, -0.15) is 0 Å². The summed E-state index contributed by atoms with van der Waals surface area (Å²) in [4.78, 5) is 26.1. The molecule has 0 saturated heterocycles. The van der Waals surface area contributed by atoms with Crippen LogP contribution in [0.2, 0.25) is 0 Å². The van der Waals surface area contributed by atoms with Crippen LogP contribution in [0.25, 0.3) is 44.4 Å². The van der Waals surface area contributed by atoms with Crippen LogP contribution >= 0.6 is 0 Å². The number of carbonyl (C=O) groups is 1. The second-order valence-electron chi connectivity index (χ2n) is 10.0. The standard InChI is InChI=1S/C31H33N5O/c1-21(2)14-28(4-3-13-32-20-37)31-34-18-30(36-31)23-7-5-22(6-8-23)24-9-10-26-16-27(12-11-25(26)15-24)29-17-33-19-35-29/h5-12,15-21,28H,3-4,13-14H2,1-2H3,(H,32,37)(H,33,35)(H,34,36)/t28-/m1/s1. The van der Waals surface area contributed by atoms with E-state index in [9.17, 15) is 4.79 Å². The van der Waals surface area contributed by atoms with Gasteiger partial charge in [-0.3, -0.25) is 4.79 Å². The maximum atomic E-state index is 10.5. The molecule has 0 fully saturated rings. The lowest BCUT2D eigenvalue weighted by Crippen LogP contribution is -2.14. The van der Waals surface area contributed by atoms with E-state index in [0.717, 1.165) is 54.0 Å². The maximum Gasteiger partial charge on any atom is 0.207 e. The predicted molar refractivity (Wildman–Crippen MR) is 150 cm³/mol. The third-order valence-corrected chi connectivity index (χ3v) is 6.87. The molecule has 0 radical (unpaired) electrons. The zero-order chi connectivity index (χ0) is 25.6. The van der Waals surface area contributed by atoms with Crippen molar-refractivity contribution in [2.45, 2.75) is 39.0 Å². The number of amides is 1. The molecule has 0 unspecified atom stereocenters. The van der Waals surface area contributed by atoms with E-state index in [1.54, 1.807) is 6.33 Å². The largest absolute Gasteiger partial charge is 0.359 e. The molecule has 5 rings (SSSR count). The van der Waals surface area contributed by atoms with Gasteiger partial charge in [-0.1, -0.05) is 62.4 Å². The van der Waals surface area contributed by atoms with Gasteiger partial charge in [-0.15, -0.1) is 0 Å². The summed E-state index contributed by atoms with van der Waals surface area (Å²) in [5.74, 6) is 1.96. The van der Waals surface area contributed by atoms with Crippen LogP contribution in [-0.4, -0.2) is 32.9 Å². The number of H-pyrrole nitrogens is 2. The molecule has 0 bridgehead atoms. The van der Waals surface area contributed by atoms with E-state index >= 15 is 0 Å². The molecule has 0 aliphatic heterocycles. The molecule has 3 N–H and O–H groups in total. The van der Waals surface area contributed by atoms with E-state index < -0.39 is 0 Å². The number of nitrogens with zero attached hydrogens (tertiary/aromatic N) is 2. The van der Waals surface area contributed by atoms with Gasteiger partial charge in [0.1, 0.15) is 5.82 Å². The van der Waals surface area contributed by atoms with Crippen LogP contribution in [0.1, 0.15) is 44.9 Å². The Hall–Kier alpha value is -4.19. The number of nitrogens with one attached hydrogen (secondary N) is 3. The van der Waals surface area contributed by atoms with Gasteiger partial charge >= 0.3 is 0 Å². The zero-order valence-electron chi connectivity index (χ0n) is 21.4. The SMILES string of the molecule is CC(C)C[C@@H](CCCNC=O)c1ncc(-c2ccc(-c3ccc4cc(-c5cnc[nH]5)ccc4c3)cc2)[nH]1. The van der Waals surface area contributed by atoms with Gasteiger partial charge in [-0.05, 0) is 64.8 Å². The van der Waals surface area contributed by atoms with E-state index in [0.29, 0.717) is 18.4 Å². The number of rotatable bonds is 11. The van der Waals surface area contributed by atoms with Gasteiger partial charge < -0.3 is 15.3 Å². The second kappa shape index (κ2) is 11.2. The molecule has 1 amide bonds. The van der Waals surface area contributed by atoms with Crippen molar-refractivity contribution < 1.29 is 4.79 Å². The fraction of sp³-hybridized carbons (Fsp3) is 0.258. The number of hydrogen-bond donors (Lipinski definition) is 3. The number of aromatic nitrogens is 4. The summed E-state index contributed by atoms with van der Waals surface area (Å²) in [6.07, 6.45) is 9.26. The molecule has 188 valence electrons. The first kappa shape index (κ1) is 24.5. The Bertz CT molecular complexity index is 1450.